The smallest absolute Gasteiger partial charge is 0.224 e. The number of methoxy groups -OCH3 is 1. The lowest BCUT2D eigenvalue weighted by Crippen LogP contribution is -2.36. The second-order valence-electron chi connectivity index (χ2n) is 6.97. The first-order valence-electron chi connectivity index (χ1n) is 9.44. The number of piperidine rings is 1. The summed E-state index contributed by atoms with van der Waals surface area (Å²) in [7, 11) is 1.62. The van der Waals surface area contributed by atoms with Gasteiger partial charge in [0.1, 0.15) is 5.75 Å². The molecule has 1 aliphatic heterocycles. The molecule has 0 spiro atoms. The number of rotatable bonds is 7. The number of nitrogens with zero attached hydrogens (tertiary/aromatic N) is 1. The summed E-state index contributed by atoms with van der Waals surface area (Å²) in [6.45, 7) is 3.27. The van der Waals surface area contributed by atoms with Gasteiger partial charge in [0.05, 0.1) is 12.8 Å². The molecule has 2 aromatic rings. The molecule has 2 aromatic carbocycles. The average molecular weight is 352 g/mol. The Labute approximate surface area is 156 Å². The van der Waals surface area contributed by atoms with Crippen LogP contribution in [0.15, 0.2) is 54.6 Å². The van der Waals surface area contributed by atoms with Gasteiger partial charge >= 0.3 is 0 Å². The van der Waals surface area contributed by atoms with Crippen LogP contribution in [-0.2, 0) is 11.2 Å². The van der Waals surface area contributed by atoms with Crippen LogP contribution in [-0.4, -0.2) is 37.6 Å². The third-order valence-corrected chi connectivity index (χ3v) is 5.12. The largest absolute Gasteiger partial charge is 0.495 e. The molecule has 138 valence electrons. The van der Waals surface area contributed by atoms with Gasteiger partial charge in [0, 0.05) is 13.0 Å². The van der Waals surface area contributed by atoms with E-state index in [0.717, 1.165) is 44.6 Å². The number of benzene rings is 2. The predicted octanol–water partition coefficient (Wildman–Crippen LogP) is 3.98. The van der Waals surface area contributed by atoms with E-state index in [-0.39, 0.29) is 5.91 Å². The van der Waals surface area contributed by atoms with E-state index in [1.54, 1.807) is 7.11 Å². The van der Waals surface area contributed by atoms with Crippen LogP contribution in [0.3, 0.4) is 0 Å². The minimum absolute atomic E-state index is 0.0808. The van der Waals surface area contributed by atoms with Crippen molar-refractivity contribution in [2.45, 2.75) is 25.7 Å². The number of anilines is 1. The summed E-state index contributed by atoms with van der Waals surface area (Å²) in [6.07, 6.45) is 3.87. The molecule has 1 aliphatic rings. The van der Waals surface area contributed by atoms with Crippen molar-refractivity contribution in [1.82, 2.24) is 4.90 Å². The number of likely N-dealkylation sites (tertiary alicyclic amines) is 1. The molecule has 3 rings (SSSR count). The first-order valence-corrected chi connectivity index (χ1v) is 9.44. The minimum atomic E-state index is 0.0808. The second-order valence-corrected chi connectivity index (χ2v) is 6.97. The van der Waals surface area contributed by atoms with Crippen LogP contribution in [0.2, 0.25) is 0 Å². The number of ether oxygens (including phenoxy) is 1. The standard InChI is InChI=1S/C22H28N2O2/c1-26-21-10-6-5-9-20(21)23-22(25)17-19-12-15-24(16-13-19)14-11-18-7-3-2-4-8-18/h2-10,19H,11-17H2,1H3,(H,23,25). The Morgan fingerprint density at radius 3 is 2.50 bits per heavy atom. The number of amides is 1. The number of carbonyl (C=O) groups is 1. The van der Waals surface area contributed by atoms with Crippen molar-refractivity contribution >= 4 is 11.6 Å². The molecular formula is C22H28N2O2. The van der Waals surface area contributed by atoms with E-state index >= 15 is 0 Å². The fourth-order valence-electron chi connectivity index (χ4n) is 3.56. The van der Waals surface area contributed by atoms with Gasteiger partial charge < -0.3 is 15.0 Å². The van der Waals surface area contributed by atoms with Crippen molar-refractivity contribution in [3.8, 4) is 5.75 Å². The van der Waals surface area contributed by atoms with Crippen LogP contribution >= 0.6 is 0 Å². The fraction of sp³-hybridized carbons (Fsp3) is 0.409. The van der Waals surface area contributed by atoms with Gasteiger partial charge in [-0.2, -0.15) is 0 Å². The first-order chi connectivity index (χ1) is 12.7. The van der Waals surface area contributed by atoms with Crippen LogP contribution in [0.4, 0.5) is 5.69 Å². The molecule has 1 amide bonds. The molecular weight excluding hydrogens is 324 g/mol. The zero-order chi connectivity index (χ0) is 18.2. The van der Waals surface area contributed by atoms with Gasteiger partial charge in [0.2, 0.25) is 5.91 Å². The highest BCUT2D eigenvalue weighted by atomic mass is 16.5. The van der Waals surface area contributed by atoms with E-state index in [4.69, 9.17) is 4.74 Å². The van der Waals surface area contributed by atoms with E-state index in [2.05, 4.69) is 40.5 Å². The molecule has 0 atom stereocenters. The van der Waals surface area contributed by atoms with Crippen molar-refractivity contribution in [1.29, 1.82) is 0 Å². The van der Waals surface area contributed by atoms with E-state index in [1.807, 2.05) is 24.3 Å². The Balaban J connectivity index is 1.40. The zero-order valence-corrected chi connectivity index (χ0v) is 15.5. The molecule has 1 N–H and O–H groups in total. The summed E-state index contributed by atoms with van der Waals surface area (Å²) in [5, 5.41) is 2.99. The number of nitrogens with one attached hydrogen (secondary N) is 1. The molecule has 26 heavy (non-hydrogen) atoms. The van der Waals surface area contributed by atoms with E-state index < -0.39 is 0 Å². The molecule has 1 saturated heterocycles. The number of carbonyl (C=O) groups excluding carboxylic acids is 1. The van der Waals surface area contributed by atoms with Crippen molar-refractivity contribution in [2.75, 3.05) is 32.1 Å². The highest BCUT2D eigenvalue weighted by Gasteiger charge is 2.21. The van der Waals surface area contributed by atoms with E-state index in [0.29, 0.717) is 18.1 Å². The average Bonchev–Trinajstić information content (AvgIpc) is 2.68. The lowest BCUT2D eigenvalue weighted by molar-refractivity contribution is -0.117. The van der Waals surface area contributed by atoms with Crippen molar-refractivity contribution < 1.29 is 9.53 Å². The lowest BCUT2D eigenvalue weighted by atomic mass is 9.93. The minimum Gasteiger partial charge on any atom is -0.495 e. The van der Waals surface area contributed by atoms with Gasteiger partial charge in [-0.25, -0.2) is 0 Å². The molecule has 1 heterocycles. The maximum atomic E-state index is 12.4. The molecule has 0 saturated carbocycles. The lowest BCUT2D eigenvalue weighted by Gasteiger charge is -2.31. The Morgan fingerprint density at radius 1 is 1.08 bits per heavy atom. The fourth-order valence-corrected chi connectivity index (χ4v) is 3.56. The molecule has 0 aromatic heterocycles. The Hall–Kier alpha value is -2.33. The topological polar surface area (TPSA) is 41.6 Å². The monoisotopic (exact) mass is 352 g/mol. The van der Waals surface area contributed by atoms with Gasteiger partial charge in [-0.1, -0.05) is 42.5 Å². The number of hydrogen-bond donors (Lipinski definition) is 1. The summed E-state index contributed by atoms with van der Waals surface area (Å²) in [5.41, 5.74) is 2.14. The van der Waals surface area contributed by atoms with Crippen LogP contribution in [0.5, 0.6) is 5.75 Å². The van der Waals surface area contributed by atoms with Crippen LogP contribution < -0.4 is 10.1 Å². The Bertz CT molecular complexity index is 694. The predicted molar refractivity (Wildman–Crippen MR) is 106 cm³/mol. The van der Waals surface area contributed by atoms with Crippen molar-refractivity contribution in [3.63, 3.8) is 0 Å². The zero-order valence-electron chi connectivity index (χ0n) is 15.5. The maximum absolute atomic E-state index is 12.4. The second kappa shape index (κ2) is 9.39. The summed E-state index contributed by atoms with van der Waals surface area (Å²) < 4.78 is 5.29. The van der Waals surface area contributed by atoms with Gasteiger partial charge in [0.15, 0.2) is 0 Å². The van der Waals surface area contributed by atoms with Crippen LogP contribution in [0.1, 0.15) is 24.8 Å². The number of hydrogen-bond acceptors (Lipinski definition) is 3. The third kappa shape index (κ3) is 5.33. The summed E-state index contributed by atoms with van der Waals surface area (Å²) in [6, 6.07) is 18.2. The SMILES string of the molecule is COc1ccccc1NC(=O)CC1CCN(CCc2ccccc2)CC1. The quantitative estimate of drug-likeness (QED) is 0.819. The highest BCUT2D eigenvalue weighted by Crippen LogP contribution is 2.25. The Morgan fingerprint density at radius 2 is 1.77 bits per heavy atom. The highest BCUT2D eigenvalue weighted by molar-refractivity contribution is 5.92. The van der Waals surface area contributed by atoms with Gasteiger partial charge in [-0.05, 0) is 56.0 Å². The molecule has 4 nitrogen and oxygen atoms in total. The van der Waals surface area contributed by atoms with Crippen molar-refractivity contribution in [3.05, 3.63) is 60.2 Å². The summed E-state index contributed by atoms with van der Waals surface area (Å²) in [5.74, 6) is 1.26. The molecule has 0 aliphatic carbocycles. The maximum Gasteiger partial charge on any atom is 0.224 e. The summed E-state index contributed by atoms with van der Waals surface area (Å²) in [4.78, 5) is 14.9. The molecule has 0 unspecified atom stereocenters. The van der Waals surface area contributed by atoms with Gasteiger partial charge in [0.25, 0.3) is 0 Å². The van der Waals surface area contributed by atoms with Crippen LogP contribution in [0, 0.1) is 5.92 Å². The van der Waals surface area contributed by atoms with E-state index in [9.17, 15) is 4.79 Å². The number of para-hydroxylation sites is 2. The van der Waals surface area contributed by atoms with Crippen LogP contribution in [0.25, 0.3) is 0 Å². The Kier molecular flexibility index (Phi) is 6.67. The van der Waals surface area contributed by atoms with Crippen molar-refractivity contribution in [2.24, 2.45) is 5.92 Å². The van der Waals surface area contributed by atoms with Gasteiger partial charge in [-0.15, -0.1) is 0 Å². The van der Waals surface area contributed by atoms with E-state index in [1.165, 1.54) is 5.56 Å². The summed E-state index contributed by atoms with van der Waals surface area (Å²) >= 11 is 0. The molecule has 4 heteroatoms. The van der Waals surface area contributed by atoms with Gasteiger partial charge in [-0.3, -0.25) is 4.79 Å². The first kappa shape index (κ1) is 18.5. The molecule has 0 radical (unpaired) electrons. The molecule has 0 bridgehead atoms. The third-order valence-electron chi connectivity index (χ3n) is 5.12. The molecule has 1 fully saturated rings. The normalized spacial score (nSPS) is 15.6.